The Kier molecular flexibility index (Phi) is 6.32. The van der Waals surface area contributed by atoms with Gasteiger partial charge in [-0.25, -0.2) is 0 Å². The van der Waals surface area contributed by atoms with E-state index in [1.165, 1.54) is 0 Å². The summed E-state index contributed by atoms with van der Waals surface area (Å²) < 4.78 is 0. The van der Waals surface area contributed by atoms with Crippen LogP contribution in [0.2, 0.25) is 0 Å². The van der Waals surface area contributed by atoms with Crippen LogP contribution in [0.15, 0.2) is 12.2 Å². The summed E-state index contributed by atoms with van der Waals surface area (Å²) in [6.45, 7) is 16.6. The third-order valence-corrected chi connectivity index (χ3v) is 12.4. The number of rotatable bonds is 4. The molecule has 4 rings (SSSR count). The predicted octanol–water partition coefficient (Wildman–Crippen LogP) is 4.59. The molecule has 5 heteroatoms. The van der Waals surface area contributed by atoms with Gasteiger partial charge in [-0.1, -0.05) is 46.8 Å². The van der Waals surface area contributed by atoms with Gasteiger partial charge in [-0.3, -0.25) is 0 Å². The molecular formula is C30H52O5. The lowest BCUT2D eigenvalue weighted by Gasteiger charge is -2.70. The molecule has 5 nitrogen and oxygen atoms in total. The largest absolute Gasteiger partial charge is 0.393 e. The molecule has 202 valence electrons. The average Bonchev–Trinajstić information content (AvgIpc) is 3.01. The highest BCUT2D eigenvalue weighted by atomic mass is 16.4. The van der Waals surface area contributed by atoms with E-state index in [1.54, 1.807) is 32.9 Å². The van der Waals surface area contributed by atoms with E-state index in [2.05, 4.69) is 34.6 Å². The number of hydrogen-bond acceptors (Lipinski definition) is 5. The van der Waals surface area contributed by atoms with Crippen molar-refractivity contribution in [3.8, 4) is 0 Å². The molecular weight excluding hydrogens is 440 g/mol. The summed E-state index contributed by atoms with van der Waals surface area (Å²) in [4.78, 5) is 0. The van der Waals surface area contributed by atoms with Crippen LogP contribution in [0.4, 0.5) is 0 Å². The van der Waals surface area contributed by atoms with Crippen molar-refractivity contribution in [2.75, 3.05) is 0 Å². The summed E-state index contributed by atoms with van der Waals surface area (Å²) in [6, 6.07) is 0. The molecule has 0 unspecified atom stereocenters. The maximum absolute atomic E-state index is 12.2. The van der Waals surface area contributed by atoms with E-state index in [1.807, 2.05) is 0 Å². The molecule has 4 aliphatic rings. The topological polar surface area (TPSA) is 101 Å². The molecule has 35 heavy (non-hydrogen) atoms. The van der Waals surface area contributed by atoms with Crippen molar-refractivity contribution >= 4 is 0 Å². The van der Waals surface area contributed by atoms with Crippen LogP contribution in [-0.4, -0.2) is 54.5 Å². The molecule has 0 saturated heterocycles. The second-order valence-electron chi connectivity index (χ2n) is 15.1. The fourth-order valence-corrected chi connectivity index (χ4v) is 10.2. The first kappa shape index (κ1) is 27.6. The SMILES string of the molecule is CC(C)(O)/C=C/C[C@](C)(O)[C@]1(O)CC[C@]2(C)[C@H]1[C@H](O)C[C@H]1[C@@]3(C)CC[C@H](O)C(C)(C)[C@@H]3CC[C@]12C. The van der Waals surface area contributed by atoms with Gasteiger partial charge in [0.15, 0.2) is 0 Å². The van der Waals surface area contributed by atoms with Gasteiger partial charge in [-0.2, -0.15) is 0 Å². The smallest absolute Gasteiger partial charge is 0.0991 e. The highest BCUT2D eigenvalue weighted by Crippen LogP contribution is 2.76. The van der Waals surface area contributed by atoms with Crippen molar-refractivity contribution in [2.24, 2.45) is 39.4 Å². The summed E-state index contributed by atoms with van der Waals surface area (Å²) in [6.07, 6.45) is 8.37. The summed E-state index contributed by atoms with van der Waals surface area (Å²) >= 11 is 0. The van der Waals surface area contributed by atoms with Crippen molar-refractivity contribution < 1.29 is 25.5 Å². The second kappa shape index (κ2) is 8.02. The minimum absolute atomic E-state index is 0.0311. The van der Waals surface area contributed by atoms with Crippen LogP contribution < -0.4 is 0 Å². The quantitative estimate of drug-likeness (QED) is 0.370. The Morgan fingerprint density at radius 2 is 1.46 bits per heavy atom. The zero-order valence-electron chi connectivity index (χ0n) is 23.4. The lowest BCUT2D eigenvalue weighted by atomic mass is 9.35. The van der Waals surface area contributed by atoms with Gasteiger partial charge in [0.1, 0.15) is 0 Å². The molecule has 0 aromatic carbocycles. The van der Waals surface area contributed by atoms with Crippen LogP contribution in [0.25, 0.3) is 0 Å². The van der Waals surface area contributed by atoms with Crippen LogP contribution in [0.5, 0.6) is 0 Å². The first-order valence-corrected chi connectivity index (χ1v) is 14.0. The van der Waals surface area contributed by atoms with E-state index in [9.17, 15) is 25.5 Å². The van der Waals surface area contributed by atoms with Gasteiger partial charge in [-0.15, -0.1) is 0 Å². The highest BCUT2D eigenvalue weighted by Gasteiger charge is 2.74. The van der Waals surface area contributed by atoms with Gasteiger partial charge < -0.3 is 25.5 Å². The first-order valence-electron chi connectivity index (χ1n) is 14.0. The van der Waals surface area contributed by atoms with Crippen molar-refractivity contribution in [1.29, 1.82) is 0 Å². The van der Waals surface area contributed by atoms with E-state index in [4.69, 9.17) is 0 Å². The normalized spacial score (nSPS) is 51.4. The maximum Gasteiger partial charge on any atom is 0.0991 e. The molecule has 4 saturated carbocycles. The molecule has 10 atom stereocenters. The zero-order chi connectivity index (χ0) is 26.5. The monoisotopic (exact) mass is 492 g/mol. The van der Waals surface area contributed by atoms with Crippen LogP contribution in [0, 0.1) is 39.4 Å². The Morgan fingerprint density at radius 3 is 2.06 bits per heavy atom. The van der Waals surface area contributed by atoms with Gasteiger partial charge in [-0.05, 0) is 106 Å². The molecule has 0 spiro atoms. The lowest BCUT2D eigenvalue weighted by Crippen LogP contribution is -2.69. The molecule has 0 aromatic rings. The van der Waals surface area contributed by atoms with Crippen molar-refractivity contribution in [3.63, 3.8) is 0 Å². The molecule has 4 aliphatic carbocycles. The Balaban J connectivity index is 1.70. The summed E-state index contributed by atoms with van der Waals surface area (Å²) in [5.74, 6) is 0.294. The standard InChI is InChI=1S/C30H52O5/c1-24(2,33)12-9-13-29(8,34)30(35)17-16-28(7)23(30)19(31)18-21-26(5)14-11-22(32)25(3,4)20(26)10-15-27(21,28)6/h9,12,19-23,31-35H,10-11,13-18H2,1-8H3/b12-9+/t19-,20+,21+,22+,23-,26+,27-,28-,29+,30+/m1/s1. The number of aliphatic hydroxyl groups is 5. The predicted molar refractivity (Wildman–Crippen MR) is 139 cm³/mol. The molecule has 0 radical (unpaired) electrons. The van der Waals surface area contributed by atoms with Crippen LogP contribution in [-0.2, 0) is 0 Å². The molecule has 5 N–H and O–H groups in total. The number of fused-ring (bicyclic) bond motifs is 5. The molecule has 4 fully saturated rings. The number of hydrogen-bond donors (Lipinski definition) is 5. The van der Waals surface area contributed by atoms with E-state index in [0.717, 1.165) is 32.1 Å². The molecule has 0 bridgehead atoms. The third-order valence-electron chi connectivity index (χ3n) is 12.4. The van der Waals surface area contributed by atoms with Crippen LogP contribution in [0.1, 0.15) is 107 Å². The second-order valence-corrected chi connectivity index (χ2v) is 15.1. The van der Waals surface area contributed by atoms with E-state index >= 15 is 0 Å². The Labute approximate surface area is 213 Å². The van der Waals surface area contributed by atoms with Gasteiger partial charge in [0.25, 0.3) is 0 Å². The van der Waals surface area contributed by atoms with E-state index in [0.29, 0.717) is 24.7 Å². The Bertz CT molecular complexity index is 857. The maximum atomic E-state index is 12.2. The molecule has 0 aromatic heterocycles. The van der Waals surface area contributed by atoms with E-state index < -0.39 is 28.8 Å². The van der Waals surface area contributed by atoms with Crippen molar-refractivity contribution in [1.82, 2.24) is 0 Å². The molecule has 0 amide bonds. The minimum Gasteiger partial charge on any atom is -0.393 e. The minimum atomic E-state index is -1.42. The van der Waals surface area contributed by atoms with Crippen LogP contribution in [0.3, 0.4) is 0 Å². The van der Waals surface area contributed by atoms with Gasteiger partial charge in [0, 0.05) is 5.92 Å². The van der Waals surface area contributed by atoms with Crippen molar-refractivity contribution in [3.05, 3.63) is 12.2 Å². The Hall–Kier alpha value is -0.460. The van der Waals surface area contributed by atoms with Gasteiger partial charge >= 0.3 is 0 Å². The van der Waals surface area contributed by atoms with Gasteiger partial charge in [0.2, 0.25) is 0 Å². The third kappa shape index (κ3) is 3.73. The number of aliphatic hydroxyl groups excluding tert-OH is 2. The first-order chi connectivity index (χ1) is 15.8. The summed E-state index contributed by atoms with van der Waals surface area (Å²) in [5, 5.41) is 56.5. The zero-order valence-corrected chi connectivity index (χ0v) is 23.4. The van der Waals surface area contributed by atoms with Crippen molar-refractivity contribution in [2.45, 2.75) is 136 Å². The molecule has 0 aliphatic heterocycles. The highest BCUT2D eigenvalue weighted by molar-refractivity contribution is 5.24. The lowest BCUT2D eigenvalue weighted by molar-refractivity contribution is -0.270. The fraction of sp³-hybridized carbons (Fsp3) is 0.933. The summed E-state index contributed by atoms with van der Waals surface area (Å²) in [5.41, 5.74) is -4.29. The molecule has 0 heterocycles. The average molecular weight is 493 g/mol. The fourth-order valence-electron chi connectivity index (χ4n) is 10.2. The van der Waals surface area contributed by atoms with Crippen LogP contribution >= 0.6 is 0 Å². The van der Waals surface area contributed by atoms with E-state index in [-0.39, 0.29) is 34.2 Å². The van der Waals surface area contributed by atoms with Gasteiger partial charge in [0.05, 0.1) is 29.0 Å². The summed E-state index contributed by atoms with van der Waals surface area (Å²) in [7, 11) is 0. The Morgan fingerprint density at radius 1 is 0.829 bits per heavy atom.